The van der Waals surface area contributed by atoms with Gasteiger partial charge in [-0.2, -0.15) is 0 Å². The van der Waals surface area contributed by atoms with Gasteiger partial charge in [-0.1, -0.05) is 57.5 Å². The fourth-order valence-electron chi connectivity index (χ4n) is 8.61. The monoisotopic (exact) mass is 703 g/mol. The van der Waals surface area contributed by atoms with Crippen LogP contribution in [0.4, 0.5) is 14.9 Å². The quantitative estimate of drug-likeness (QED) is 0.310. The van der Waals surface area contributed by atoms with Crippen LogP contribution in [0.15, 0.2) is 42.5 Å². The first-order chi connectivity index (χ1) is 24.1. The number of benzene rings is 2. The largest absolute Gasteiger partial charge is 0.342 e. The minimum atomic E-state index is -0.503. The van der Waals surface area contributed by atoms with Crippen LogP contribution in [0.1, 0.15) is 107 Å². The SMILES string of the molecule is CC(C)(C)CCN1C(=O)[C@H](CC(=O)N2CCC(N3CCc4ccccc4NC3=O)CC2)S[C@H]1c1cccc(F)c1C1CCN(C2CCC2)CC1. The third kappa shape index (κ3) is 7.57. The lowest BCUT2D eigenvalue weighted by molar-refractivity contribution is -0.137. The van der Waals surface area contributed by atoms with Gasteiger partial charge < -0.3 is 24.9 Å². The molecule has 270 valence electrons. The Balaban J connectivity index is 1.02. The average molecular weight is 704 g/mol. The number of hydrogen-bond donors (Lipinski definition) is 1. The van der Waals surface area contributed by atoms with E-state index in [4.69, 9.17) is 0 Å². The van der Waals surface area contributed by atoms with E-state index >= 15 is 4.39 Å². The van der Waals surface area contributed by atoms with E-state index in [1.54, 1.807) is 12.1 Å². The molecule has 0 aromatic heterocycles. The van der Waals surface area contributed by atoms with Gasteiger partial charge in [0.1, 0.15) is 11.2 Å². The van der Waals surface area contributed by atoms with Crippen molar-refractivity contribution >= 4 is 35.3 Å². The van der Waals surface area contributed by atoms with Gasteiger partial charge in [0.2, 0.25) is 11.8 Å². The molecule has 8 nitrogen and oxygen atoms in total. The Kier molecular flexibility index (Phi) is 10.5. The smallest absolute Gasteiger partial charge is 0.322 e. The summed E-state index contributed by atoms with van der Waals surface area (Å²) >= 11 is 1.54. The number of para-hydroxylation sites is 1. The number of fused-ring (bicyclic) bond motifs is 1. The minimum absolute atomic E-state index is 0.0108. The summed E-state index contributed by atoms with van der Waals surface area (Å²) in [6.45, 7) is 10.9. The van der Waals surface area contributed by atoms with Crippen molar-refractivity contribution in [3.63, 3.8) is 0 Å². The van der Waals surface area contributed by atoms with Gasteiger partial charge in [-0.3, -0.25) is 9.59 Å². The zero-order valence-corrected chi connectivity index (χ0v) is 30.9. The summed E-state index contributed by atoms with van der Waals surface area (Å²) in [5.41, 5.74) is 3.74. The molecule has 0 radical (unpaired) electrons. The second-order valence-electron chi connectivity index (χ2n) is 16.3. The molecule has 7 rings (SSSR count). The second kappa shape index (κ2) is 14.9. The molecule has 3 saturated heterocycles. The number of nitrogens with zero attached hydrogens (tertiary/aromatic N) is 4. The molecule has 1 N–H and O–H groups in total. The topological polar surface area (TPSA) is 76.2 Å². The molecule has 0 bridgehead atoms. The molecule has 4 fully saturated rings. The van der Waals surface area contributed by atoms with Crippen molar-refractivity contribution in [2.75, 3.05) is 44.6 Å². The van der Waals surface area contributed by atoms with Gasteiger partial charge in [0.25, 0.3) is 0 Å². The fraction of sp³-hybridized carbons (Fsp3) is 0.625. The summed E-state index contributed by atoms with van der Waals surface area (Å²) in [7, 11) is 0. The van der Waals surface area contributed by atoms with Crippen molar-refractivity contribution in [3.05, 3.63) is 65.0 Å². The van der Waals surface area contributed by atoms with Crippen molar-refractivity contribution in [2.24, 2.45) is 5.41 Å². The summed E-state index contributed by atoms with van der Waals surface area (Å²) in [5, 5.41) is 2.26. The maximum Gasteiger partial charge on any atom is 0.322 e. The minimum Gasteiger partial charge on any atom is -0.342 e. The predicted octanol–water partition coefficient (Wildman–Crippen LogP) is 7.41. The summed E-state index contributed by atoms with van der Waals surface area (Å²) in [5.74, 6) is -0.0625. The molecule has 10 heteroatoms. The highest BCUT2D eigenvalue weighted by molar-refractivity contribution is 8.01. The number of carbonyl (C=O) groups excluding carboxylic acids is 3. The molecule has 5 aliphatic rings. The van der Waals surface area contributed by atoms with Crippen LogP contribution in [0.25, 0.3) is 0 Å². The maximum atomic E-state index is 15.8. The van der Waals surface area contributed by atoms with Crippen molar-refractivity contribution in [1.82, 2.24) is 19.6 Å². The van der Waals surface area contributed by atoms with E-state index < -0.39 is 5.25 Å². The summed E-state index contributed by atoms with van der Waals surface area (Å²) in [4.78, 5) is 49.4. The number of amides is 4. The lowest BCUT2D eigenvalue weighted by atomic mass is 9.83. The van der Waals surface area contributed by atoms with E-state index in [0.29, 0.717) is 45.1 Å². The molecule has 2 aromatic rings. The number of hydrogen-bond acceptors (Lipinski definition) is 5. The van der Waals surface area contributed by atoms with Crippen LogP contribution < -0.4 is 5.32 Å². The van der Waals surface area contributed by atoms with E-state index in [1.165, 1.54) is 31.0 Å². The Bertz CT molecular complexity index is 1560. The van der Waals surface area contributed by atoms with Crippen molar-refractivity contribution in [1.29, 1.82) is 0 Å². The lowest BCUT2D eigenvalue weighted by Gasteiger charge is -2.42. The molecule has 4 heterocycles. The maximum absolute atomic E-state index is 15.8. The molecule has 2 aromatic carbocycles. The molecule has 4 amide bonds. The number of halogens is 1. The van der Waals surface area contributed by atoms with Gasteiger partial charge in [-0.15, -0.1) is 11.8 Å². The van der Waals surface area contributed by atoms with Crippen molar-refractivity contribution in [3.8, 4) is 0 Å². The number of thioether (sulfide) groups is 1. The van der Waals surface area contributed by atoms with E-state index in [0.717, 1.165) is 61.2 Å². The Hall–Kier alpha value is -3.11. The van der Waals surface area contributed by atoms with E-state index in [9.17, 15) is 14.4 Å². The van der Waals surface area contributed by atoms with Crippen molar-refractivity contribution < 1.29 is 18.8 Å². The van der Waals surface area contributed by atoms with Crippen LogP contribution in [-0.4, -0.2) is 94.0 Å². The Labute approximate surface area is 301 Å². The number of urea groups is 1. The summed E-state index contributed by atoms with van der Waals surface area (Å²) < 4.78 is 15.8. The number of anilines is 1. The summed E-state index contributed by atoms with van der Waals surface area (Å²) in [6, 6.07) is 14.0. The van der Waals surface area contributed by atoms with Gasteiger partial charge in [0.05, 0.1) is 5.25 Å². The first-order valence-corrected chi connectivity index (χ1v) is 19.9. The molecule has 1 aliphatic carbocycles. The molecular formula is C40H54FN5O3S. The van der Waals surface area contributed by atoms with Crippen LogP contribution in [0, 0.1) is 11.2 Å². The van der Waals surface area contributed by atoms with Gasteiger partial charge in [-0.05, 0) is 105 Å². The molecule has 0 spiro atoms. The Morgan fingerprint density at radius 3 is 2.34 bits per heavy atom. The van der Waals surface area contributed by atoms with E-state index in [-0.39, 0.29) is 52.8 Å². The Morgan fingerprint density at radius 1 is 0.900 bits per heavy atom. The highest BCUT2D eigenvalue weighted by atomic mass is 32.2. The van der Waals surface area contributed by atoms with E-state index in [2.05, 4.69) is 37.1 Å². The average Bonchev–Trinajstić information content (AvgIpc) is 3.26. The fourth-order valence-corrected chi connectivity index (χ4v) is 10.1. The third-order valence-electron chi connectivity index (χ3n) is 11.9. The van der Waals surface area contributed by atoms with Crippen LogP contribution >= 0.6 is 11.8 Å². The molecule has 50 heavy (non-hydrogen) atoms. The van der Waals surface area contributed by atoms with Gasteiger partial charge >= 0.3 is 6.03 Å². The molecule has 4 aliphatic heterocycles. The zero-order valence-electron chi connectivity index (χ0n) is 30.0. The third-order valence-corrected chi connectivity index (χ3v) is 13.3. The predicted molar refractivity (Wildman–Crippen MR) is 198 cm³/mol. The van der Waals surface area contributed by atoms with Gasteiger partial charge in [0, 0.05) is 50.4 Å². The number of piperidine rings is 2. The first-order valence-electron chi connectivity index (χ1n) is 19.0. The van der Waals surface area contributed by atoms with Crippen LogP contribution in [0.3, 0.4) is 0 Å². The van der Waals surface area contributed by atoms with Crippen LogP contribution in [0.5, 0.6) is 0 Å². The second-order valence-corrected chi connectivity index (χ2v) is 17.6. The number of nitrogens with one attached hydrogen (secondary N) is 1. The van der Waals surface area contributed by atoms with Crippen molar-refractivity contribution in [2.45, 2.75) is 114 Å². The molecular weight excluding hydrogens is 650 g/mol. The van der Waals surface area contributed by atoms with Crippen LogP contribution in [0.2, 0.25) is 0 Å². The standard InChI is InChI=1S/C40H54FN5O3S/c1-40(2,3)19-25-46-37(48)34(50-38(46)31-11-7-12-32(41)36(31)28-14-20-43(21-15-28)29-9-6-10-29)26-35(47)44-22-17-30(18-23-44)45-24-16-27-8-4-5-13-33(27)42-39(45)49/h4-5,7-8,11-13,28-30,34,38H,6,9-10,14-26H2,1-3H3,(H,42,49)/t34-,38-/m0/s1. The number of likely N-dealkylation sites (tertiary alicyclic amines) is 2. The number of carbonyl (C=O) groups is 3. The zero-order chi connectivity index (χ0) is 35.0. The molecule has 0 unspecified atom stereocenters. The normalized spacial score (nSPS) is 24.6. The highest BCUT2D eigenvalue weighted by Crippen LogP contribution is 2.49. The van der Waals surface area contributed by atoms with Gasteiger partial charge in [-0.25, -0.2) is 9.18 Å². The van der Waals surface area contributed by atoms with Crippen LogP contribution in [-0.2, 0) is 16.0 Å². The lowest BCUT2D eigenvalue weighted by Crippen LogP contribution is -2.50. The number of rotatable bonds is 8. The van der Waals surface area contributed by atoms with E-state index in [1.807, 2.05) is 39.0 Å². The highest BCUT2D eigenvalue weighted by Gasteiger charge is 2.45. The van der Waals surface area contributed by atoms with Gasteiger partial charge in [0.15, 0.2) is 0 Å². The first kappa shape index (κ1) is 35.3. The Morgan fingerprint density at radius 2 is 1.64 bits per heavy atom. The summed E-state index contributed by atoms with van der Waals surface area (Å²) in [6.07, 6.45) is 8.93. The molecule has 1 saturated carbocycles. The molecule has 2 atom stereocenters.